The van der Waals surface area contributed by atoms with E-state index in [1.165, 1.54) is 16.6 Å². The predicted molar refractivity (Wildman–Crippen MR) is 108 cm³/mol. The predicted octanol–water partition coefficient (Wildman–Crippen LogP) is 3.87. The molecule has 0 aliphatic carbocycles. The number of aryl methyl sites for hydroxylation is 1. The van der Waals surface area contributed by atoms with Gasteiger partial charge in [0.2, 0.25) is 0 Å². The van der Waals surface area contributed by atoms with Gasteiger partial charge in [-0.15, -0.1) is 11.3 Å². The van der Waals surface area contributed by atoms with Crippen molar-refractivity contribution >= 4 is 44.0 Å². The van der Waals surface area contributed by atoms with Crippen LogP contribution in [-0.4, -0.2) is 41.1 Å². The summed E-state index contributed by atoms with van der Waals surface area (Å²) in [6, 6.07) is 10.7. The molecule has 0 saturated carbocycles. The Balaban J connectivity index is 1.43. The Kier molecular flexibility index (Phi) is 3.71. The lowest BCUT2D eigenvalue weighted by atomic mass is 10.1. The molecular formula is C20H19N5S. The highest BCUT2D eigenvalue weighted by molar-refractivity contribution is 7.16. The van der Waals surface area contributed by atoms with Gasteiger partial charge in [0, 0.05) is 43.4 Å². The molecule has 1 aliphatic rings. The molecule has 0 spiro atoms. The van der Waals surface area contributed by atoms with Gasteiger partial charge < -0.3 is 9.80 Å². The number of fused-ring (bicyclic) bond motifs is 2. The molecule has 4 aromatic rings. The van der Waals surface area contributed by atoms with Crippen LogP contribution in [0.1, 0.15) is 5.56 Å². The van der Waals surface area contributed by atoms with E-state index in [1.807, 2.05) is 6.20 Å². The summed E-state index contributed by atoms with van der Waals surface area (Å²) < 4.78 is 0. The number of hydrogen-bond donors (Lipinski definition) is 0. The summed E-state index contributed by atoms with van der Waals surface area (Å²) in [4.78, 5) is 19.3. The lowest BCUT2D eigenvalue weighted by molar-refractivity contribution is 0.650. The van der Waals surface area contributed by atoms with Crippen LogP contribution in [0.4, 0.5) is 11.5 Å². The Hall–Kier alpha value is -2.73. The zero-order valence-corrected chi connectivity index (χ0v) is 15.4. The van der Waals surface area contributed by atoms with E-state index in [9.17, 15) is 0 Å². The third kappa shape index (κ3) is 2.57. The highest BCUT2D eigenvalue weighted by Crippen LogP contribution is 2.30. The lowest BCUT2D eigenvalue weighted by Crippen LogP contribution is -2.47. The molecule has 3 aromatic heterocycles. The van der Waals surface area contributed by atoms with Crippen molar-refractivity contribution < 1.29 is 0 Å². The quantitative estimate of drug-likeness (QED) is 0.542. The second-order valence-electron chi connectivity index (χ2n) is 6.66. The number of benzene rings is 1. The molecule has 1 fully saturated rings. The van der Waals surface area contributed by atoms with E-state index in [4.69, 9.17) is 0 Å². The highest BCUT2D eigenvalue weighted by Gasteiger charge is 2.21. The van der Waals surface area contributed by atoms with E-state index >= 15 is 0 Å². The molecule has 0 N–H and O–H groups in total. The Bertz CT molecular complexity index is 1080. The lowest BCUT2D eigenvalue weighted by Gasteiger charge is -2.37. The normalized spacial score (nSPS) is 15.1. The summed E-state index contributed by atoms with van der Waals surface area (Å²) in [5, 5.41) is 4.49. The van der Waals surface area contributed by atoms with Crippen molar-refractivity contribution in [3.63, 3.8) is 0 Å². The van der Waals surface area contributed by atoms with E-state index in [1.54, 1.807) is 17.7 Å². The molecule has 1 saturated heterocycles. The Morgan fingerprint density at radius 1 is 0.885 bits per heavy atom. The van der Waals surface area contributed by atoms with Crippen LogP contribution in [0, 0.1) is 6.92 Å². The third-order valence-corrected chi connectivity index (χ3v) is 5.86. The minimum Gasteiger partial charge on any atom is -0.367 e. The van der Waals surface area contributed by atoms with Gasteiger partial charge in [0.25, 0.3) is 0 Å². The van der Waals surface area contributed by atoms with Crippen LogP contribution in [0.15, 0.2) is 48.2 Å². The number of rotatable bonds is 2. The molecular weight excluding hydrogens is 342 g/mol. The first-order valence-electron chi connectivity index (χ1n) is 8.83. The van der Waals surface area contributed by atoms with Crippen molar-refractivity contribution in [1.82, 2.24) is 15.0 Å². The maximum absolute atomic E-state index is 4.56. The fraction of sp³-hybridized carbons (Fsp3) is 0.250. The summed E-state index contributed by atoms with van der Waals surface area (Å²) in [5.74, 6) is 1.06. The van der Waals surface area contributed by atoms with Crippen molar-refractivity contribution in [3.05, 3.63) is 53.8 Å². The molecule has 0 bridgehead atoms. The molecule has 1 aliphatic heterocycles. The second-order valence-corrected chi connectivity index (χ2v) is 7.56. The van der Waals surface area contributed by atoms with E-state index in [2.05, 4.69) is 67.4 Å². The van der Waals surface area contributed by atoms with Crippen molar-refractivity contribution in [2.24, 2.45) is 0 Å². The van der Waals surface area contributed by atoms with Crippen LogP contribution < -0.4 is 9.80 Å². The molecule has 0 radical (unpaired) electrons. The number of thiophene rings is 1. The summed E-state index contributed by atoms with van der Waals surface area (Å²) in [6.07, 6.45) is 3.60. The van der Waals surface area contributed by atoms with Gasteiger partial charge in [0.05, 0.1) is 10.9 Å². The smallest absolute Gasteiger partial charge is 0.140 e. The van der Waals surface area contributed by atoms with Gasteiger partial charge in [-0.3, -0.25) is 4.98 Å². The summed E-state index contributed by atoms with van der Waals surface area (Å²) in [5.41, 5.74) is 3.61. The molecule has 130 valence electrons. The first-order chi connectivity index (χ1) is 12.8. The first-order valence-corrected chi connectivity index (χ1v) is 9.71. The summed E-state index contributed by atoms with van der Waals surface area (Å²) >= 11 is 1.67. The largest absolute Gasteiger partial charge is 0.367 e. The van der Waals surface area contributed by atoms with Crippen LogP contribution in [0.3, 0.4) is 0 Å². The average Bonchev–Trinajstić information content (AvgIpc) is 3.16. The average molecular weight is 361 g/mol. The highest BCUT2D eigenvalue weighted by atomic mass is 32.1. The fourth-order valence-electron chi connectivity index (χ4n) is 3.71. The van der Waals surface area contributed by atoms with Gasteiger partial charge in [-0.1, -0.05) is 11.6 Å². The van der Waals surface area contributed by atoms with Gasteiger partial charge >= 0.3 is 0 Å². The maximum atomic E-state index is 4.56. The molecule has 0 amide bonds. The van der Waals surface area contributed by atoms with Crippen LogP contribution in [0.5, 0.6) is 0 Å². The zero-order valence-electron chi connectivity index (χ0n) is 14.6. The van der Waals surface area contributed by atoms with Crippen LogP contribution in [0.2, 0.25) is 0 Å². The van der Waals surface area contributed by atoms with E-state index in [-0.39, 0.29) is 0 Å². The van der Waals surface area contributed by atoms with Crippen LogP contribution in [-0.2, 0) is 0 Å². The monoisotopic (exact) mass is 361 g/mol. The molecule has 0 unspecified atom stereocenters. The Labute approximate surface area is 155 Å². The Morgan fingerprint density at radius 3 is 2.62 bits per heavy atom. The number of piperazine rings is 1. The number of anilines is 2. The number of pyridine rings is 1. The molecule has 1 aromatic carbocycles. The van der Waals surface area contributed by atoms with E-state index in [0.717, 1.165) is 47.7 Å². The van der Waals surface area contributed by atoms with Crippen molar-refractivity contribution in [2.45, 2.75) is 6.92 Å². The molecule has 5 nitrogen and oxygen atoms in total. The Morgan fingerprint density at radius 2 is 1.73 bits per heavy atom. The van der Waals surface area contributed by atoms with E-state index in [0.29, 0.717) is 0 Å². The topological polar surface area (TPSA) is 45.2 Å². The van der Waals surface area contributed by atoms with Gasteiger partial charge in [0.15, 0.2) is 0 Å². The molecule has 4 heterocycles. The number of nitrogens with zero attached hydrogens (tertiary/aromatic N) is 5. The fourth-order valence-corrected chi connectivity index (χ4v) is 4.44. The second kappa shape index (κ2) is 6.21. The van der Waals surface area contributed by atoms with Crippen molar-refractivity contribution in [3.8, 4) is 0 Å². The van der Waals surface area contributed by atoms with Crippen LogP contribution >= 0.6 is 11.3 Å². The molecule has 6 heteroatoms. The van der Waals surface area contributed by atoms with Gasteiger partial charge in [-0.2, -0.15) is 0 Å². The van der Waals surface area contributed by atoms with Crippen LogP contribution in [0.25, 0.3) is 21.1 Å². The molecule has 26 heavy (non-hydrogen) atoms. The maximum Gasteiger partial charge on any atom is 0.140 e. The number of aromatic nitrogens is 3. The first kappa shape index (κ1) is 15.5. The summed E-state index contributed by atoms with van der Waals surface area (Å²) in [6.45, 7) is 6.00. The standard InChI is InChI=1S/C20H19N5S/c1-14-2-3-17-16(12-14)18(4-6-21-17)24-7-9-25(10-8-24)19-15-5-11-26-20(15)23-13-22-19/h2-6,11-13H,7-10H2,1H3. The van der Waals surface area contributed by atoms with Gasteiger partial charge in [0.1, 0.15) is 17.0 Å². The summed E-state index contributed by atoms with van der Waals surface area (Å²) in [7, 11) is 0. The van der Waals surface area contributed by atoms with Crippen molar-refractivity contribution in [2.75, 3.05) is 36.0 Å². The van der Waals surface area contributed by atoms with E-state index < -0.39 is 0 Å². The minimum absolute atomic E-state index is 0.956. The van der Waals surface area contributed by atoms with Gasteiger partial charge in [-0.05, 0) is 36.6 Å². The molecule has 0 atom stereocenters. The SMILES string of the molecule is Cc1ccc2nccc(N3CCN(c4ncnc5sccc45)CC3)c2c1. The zero-order chi connectivity index (χ0) is 17.5. The third-order valence-electron chi connectivity index (χ3n) is 5.03. The van der Waals surface area contributed by atoms with Crippen molar-refractivity contribution in [1.29, 1.82) is 0 Å². The van der Waals surface area contributed by atoms with Gasteiger partial charge in [-0.25, -0.2) is 9.97 Å². The minimum atomic E-state index is 0.956. The molecule has 5 rings (SSSR count). The number of hydrogen-bond acceptors (Lipinski definition) is 6.